The quantitative estimate of drug-likeness (QED) is 0.118. The summed E-state index contributed by atoms with van der Waals surface area (Å²) in [6, 6.07) is 48.9. The summed E-state index contributed by atoms with van der Waals surface area (Å²) >= 11 is 0. The monoisotopic (exact) mass is 1030 g/mol. The number of nitriles is 1. The first kappa shape index (κ1) is 44.9. The summed E-state index contributed by atoms with van der Waals surface area (Å²) in [7, 11) is -1.41. The molecule has 0 spiro atoms. The zero-order valence-corrected chi connectivity index (χ0v) is 39.4. The van der Waals surface area contributed by atoms with Crippen LogP contribution in [0, 0.1) is 23.5 Å². The number of benzene rings is 6. The average molecular weight is 1030 g/mol. The van der Waals surface area contributed by atoms with Gasteiger partial charge in [-0.25, -0.2) is 0 Å². The fourth-order valence-corrected chi connectivity index (χ4v) is 8.85. The van der Waals surface area contributed by atoms with Crippen LogP contribution in [0.3, 0.4) is 0 Å². The molecule has 9 aromatic rings. The Kier molecular flexibility index (Phi) is 12.8. The molecule has 0 aliphatic heterocycles. The van der Waals surface area contributed by atoms with Crippen LogP contribution < -0.4 is 5.19 Å². The van der Waals surface area contributed by atoms with Gasteiger partial charge < -0.3 is 14.0 Å². The van der Waals surface area contributed by atoms with Crippen LogP contribution in [0.2, 0.25) is 19.6 Å². The van der Waals surface area contributed by atoms with Gasteiger partial charge in [-0.15, -0.1) is 48.0 Å². The molecule has 0 unspecified atom stereocenters. The number of hydrogen-bond donors (Lipinski definition) is 0. The fraction of sp³-hybridized carbons (Fsp3) is 0.189. The van der Waals surface area contributed by atoms with Crippen LogP contribution in [0.1, 0.15) is 61.8 Å². The molecule has 0 saturated heterocycles. The van der Waals surface area contributed by atoms with Crippen molar-refractivity contribution in [2.75, 3.05) is 0 Å². The van der Waals surface area contributed by atoms with Gasteiger partial charge in [0.1, 0.15) is 11.7 Å². The van der Waals surface area contributed by atoms with Gasteiger partial charge in [0.2, 0.25) is 0 Å². The molecule has 1 radical (unpaired) electrons. The molecule has 0 saturated carbocycles. The van der Waals surface area contributed by atoms with Gasteiger partial charge in [-0.2, -0.15) is 18.4 Å². The Morgan fingerprint density at radius 1 is 0.746 bits per heavy atom. The van der Waals surface area contributed by atoms with E-state index in [9.17, 15) is 18.4 Å². The number of hydrogen-bond acceptors (Lipinski definition) is 4. The van der Waals surface area contributed by atoms with E-state index < -0.39 is 19.8 Å². The maximum Gasteiger partial charge on any atom is 0.381 e. The number of nitrogens with zero attached hydrogens (tertiary/aromatic N) is 4. The summed E-state index contributed by atoms with van der Waals surface area (Å²) in [6.07, 6.45) is -2.52. The summed E-state index contributed by atoms with van der Waals surface area (Å²) in [6.45, 7) is 15.7. The number of pyridine rings is 1. The molecule has 319 valence electrons. The van der Waals surface area contributed by atoms with Crippen molar-refractivity contribution < 1.29 is 37.7 Å². The van der Waals surface area contributed by atoms with Crippen molar-refractivity contribution >= 4 is 46.2 Å². The van der Waals surface area contributed by atoms with Crippen molar-refractivity contribution in [1.29, 1.82) is 5.26 Å². The minimum Gasteiger partial charge on any atom is -0.499 e. The zero-order valence-electron chi connectivity index (χ0n) is 36.0. The van der Waals surface area contributed by atoms with Crippen LogP contribution in [0.25, 0.3) is 72.4 Å². The Labute approximate surface area is 380 Å². The molecular formula is C53H45F3IrN4OSi-2. The Morgan fingerprint density at radius 2 is 1.43 bits per heavy atom. The first-order valence-corrected chi connectivity index (χ1v) is 24.2. The van der Waals surface area contributed by atoms with E-state index in [1.54, 1.807) is 6.07 Å². The Morgan fingerprint density at radius 3 is 2.03 bits per heavy atom. The maximum absolute atomic E-state index is 12.5. The molecule has 0 amide bonds. The van der Waals surface area contributed by atoms with E-state index >= 15 is 0 Å². The van der Waals surface area contributed by atoms with Crippen LogP contribution in [0.15, 0.2) is 138 Å². The summed E-state index contributed by atoms with van der Waals surface area (Å²) in [5.74, 6) is 1.30. The summed E-state index contributed by atoms with van der Waals surface area (Å²) in [4.78, 5) is 9.54. The molecule has 0 aliphatic rings. The van der Waals surface area contributed by atoms with Gasteiger partial charge in [0.05, 0.1) is 36.1 Å². The van der Waals surface area contributed by atoms with Crippen molar-refractivity contribution in [2.45, 2.75) is 65.3 Å². The Balaban J connectivity index is 0.000000239. The minimum absolute atomic E-state index is 0. The van der Waals surface area contributed by atoms with Crippen LogP contribution >= 0.6 is 0 Å². The topological polar surface area (TPSA) is 67.6 Å². The first-order chi connectivity index (χ1) is 29.6. The number of aromatic nitrogens is 3. The molecule has 3 aromatic heterocycles. The second-order valence-electron chi connectivity index (χ2n) is 17.1. The van der Waals surface area contributed by atoms with Gasteiger partial charge in [-0.1, -0.05) is 125 Å². The molecular weight excluding hydrogens is 986 g/mol. The average Bonchev–Trinajstić information content (AvgIpc) is 3.85. The molecule has 0 atom stereocenters. The van der Waals surface area contributed by atoms with Crippen LogP contribution in [0.5, 0.6) is 0 Å². The van der Waals surface area contributed by atoms with Crippen LogP contribution in [0.4, 0.5) is 13.2 Å². The van der Waals surface area contributed by atoms with E-state index in [4.69, 9.17) is 9.40 Å². The van der Waals surface area contributed by atoms with Gasteiger partial charge in [-0.3, -0.25) is 4.98 Å². The molecule has 0 bridgehead atoms. The van der Waals surface area contributed by atoms with Crippen molar-refractivity contribution in [3.63, 3.8) is 0 Å². The summed E-state index contributed by atoms with van der Waals surface area (Å²) < 4.78 is 46.2. The number of rotatable bonds is 7. The van der Waals surface area contributed by atoms with E-state index in [1.807, 2.05) is 48.7 Å². The second kappa shape index (κ2) is 17.9. The van der Waals surface area contributed by atoms with E-state index in [-0.39, 0.29) is 31.9 Å². The third-order valence-corrected chi connectivity index (χ3v) is 13.2. The van der Waals surface area contributed by atoms with Crippen LogP contribution in [-0.4, -0.2) is 22.6 Å². The first-order valence-electron chi connectivity index (χ1n) is 20.7. The van der Waals surface area contributed by atoms with Gasteiger partial charge >= 0.3 is 6.18 Å². The molecule has 0 N–H and O–H groups in total. The molecule has 3 heterocycles. The van der Waals surface area contributed by atoms with E-state index in [1.165, 1.54) is 33.5 Å². The Hall–Kier alpha value is -6.11. The molecule has 10 heteroatoms. The van der Waals surface area contributed by atoms with E-state index in [0.29, 0.717) is 28.0 Å². The number of alkyl halides is 3. The van der Waals surface area contributed by atoms with Gasteiger partial charge in [0, 0.05) is 37.4 Å². The smallest absolute Gasteiger partial charge is 0.381 e. The molecule has 0 aliphatic carbocycles. The molecule has 0 fully saturated rings. The number of imidazole rings is 1. The second-order valence-corrected chi connectivity index (χ2v) is 22.2. The van der Waals surface area contributed by atoms with Gasteiger partial charge in [-0.05, 0) is 80.9 Å². The SMILES string of the molecule is CC(C)c1cc(-c2ccccc2)cc(C(C)C)c1-n1c(-c2[c-]ccc3c2oc2c(C#N)cccc23)nc2ccccc21.C[Si](C)(C)c1ccc(-c2[c-]cc(C(F)(F)F)cc2)nc1.[Ir]. The standard InChI is InChI=1S/C38H30N3O.C15H15F3NSi.Ir/c1-23(2)31-20-27(25-12-6-5-7-13-25)21-32(24(3)4)35(31)41-34-19-9-8-18-33(34)40-38(41)30-17-11-16-29-28-15-10-14-26(22-39)36(28)42-37(29)30;1-20(2,3)13-8-9-14(19-10-13)11-4-6-12(7-5-11)15(16,17)18;/h5-16,18-21,23-24H,1-4H3;4,6-10H,1-3H3;/q2*-1;. The molecule has 9 rings (SSSR count). The van der Waals surface area contributed by atoms with E-state index in [2.05, 4.69) is 136 Å². The third-order valence-electron chi connectivity index (χ3n) is 11.2. The number of para-hydroxylation sites is 3. The van der Waals surface area contributed by atoms with E-state index in [0.717, 1.165) is 51.0 Å². The fourth-order valence-electron chi connectivity index (χ4n) is 7.81. The molecule has 5 nitrogen and oxygen atoms in total. The van der Waals surface area contributed by atoms with Crippen molar-refractivity contribution in [3.05, 3.63) is 168 Å². The summed E-state index contributed by atoms with van der Waals surface area (Å²) in [5.41, 5.74) is 11.1. The van der Waals surface area contributed by atoms with Crippen molar-refractivity contribution in [2.24, 2.45) is 0 Å². The van der Waals surface area contributed by atoms with Gasteiger partial charge in [0.25, 0.3) is 0 Å². The largest absolute Gasteiger partial charge is 0.499 e. The normalized spacial score (nSPS) is 11.8. The minimum atomic E-state index is -4.33. The molecule has 63 heavy (non-hydrogen) atoms. The van der Waals surface area contributed by atoms with Crippen LogP contribution in [-0.2, 0) is 26.3 Å². The van der Waals surface area contributed by atoms with Crippen molar-refractivity contribution in [1.82, 2.24) is 14.5 Å². The van der Waals surface area contributed by atoms with Crippen molar-refractivity contribution in [3.8, 4) is 45.5 Å². The summed E-state index contributed by atoms with van der Waals surface area (Å²) in [5, 5.41) is 12.8. The Bertz CT molecular complexity index is 3020. The number of halogens is 3. The third kappa shape index (κ3) is 8.92. The molecule has 6 aromatic carbocycles. The number of fused-ring (bicyclic) bond motifs is 4. The predicted molar refractivity (Wildman–Crippen MR) is 247 cm³/mol. The predicted octanol–water partition coefficient (Wildman–Crippen LogP) is 14.3. The maximum atomic E-state index is 12.5. The number of furan rings is 1. The van der Waals surface area contributed by atoms with Gasteiger partial charge in [0.15, 0.2) is 0 Å². The zero-order chi connectivity index (χ0) is 43.9.